The van der Waals surface area contributed by atoms with E-state index in [0.29, 0.717) is 13.2 Å². The van der Waals surface area contributed by atoms with E-state index in [2.05, 4.69) is 13.8 Å². The van der Waals surface area contributed by atoms with Gasteiger partial charge >= 0.3 is 48.9 Å². The molecule has 2 rings (SSSR count). The van der Waals surface area contributed by atoms with Crippen molar-refractivity contribution in [2.45, 2.75) is 231 Å². The number of benzene rings is 2. The van der Waals surface area contributed by atoms with Crippen molar-refractivity contribution in [3.05, 3.63) is 71.8 Å². The molecular formula is C50H82BaO8. The van der Waals surface area contributed by atoms with Crippen molar-refractivity contribution in [1.29, 1.82) is 0 Å². The van der Waals surface area contributed by atoms with Crippen molar-refractivity contribution in [2.75, 3.05) is 0 Å². The molecule has 4 atom stereocenters. The first-order chi connectivity index (χ1) is 28.2. The summed E-state index contributed by atoms with van der Waals surface area (Å²) < 4.78 is 11.6. The minimum Gasteiger partial charge on any atom is -0.550 e. The summed E-state index contributed by atoms with van der Waals surface area (Å²) >= 11 is 0. The number of unbranched alkanes of at least 4 members (excludes halogenated alkanes) is 16. The Labute approximate surface area is 400 Å². The summed E-state index contributed by atoms with van der Waals surface area (Å²) in [6, 6.07) is 19.7. The van der Waals surface area contributed by atoms with Crippen LogP contribution >= 0.6 is 0 Å². The Hall–Kier alpha value is -1.21. The van der Waals surface area contributed by atoms with Crippen LogP contribution in [0, 0.1) is 0 Å². The van der Waals surface area contributed by atoms with E-state index in [-0.39, 0.29) is 86.1 Å². The molecule has 8 nitrogen and oxygen atoms in total. The summed E-state index contributed by atoms with van der Waals surface area (Å²) in [6.45, 7) is 5.27. The molecule has 0 amide bonds. The molecule has 0 aromatic heterocycles. The summed E-state index contributed by atoms with van der Waals surface area (Å²) in [7, 11) is 0. The van der Waals surface area contributed by atoms with Gasteiger partial charge in [-0.1, -0.05) is 203 Å². The summed E-state index contributed by atoms with van der Waals surface area (Å²) in [4.78, 5) is 21.9. The van der Waals surface area contributed by atoms with Gasteiger partial charge in [-0.05, 0) is 49.7 Å². The molecule has 0 aliphatic carbocycles. The average molecular weight is 949 g/mol. The SMILES string of the molecule is CCCCCC(O)CCCCCCCCCC(CC(=O)[O-])OCc1ccccc1.CCCCCC(O)CCCCCCCCCC(CC(=O)[O-])OCc1ccccc1.[Ba+2]. The van der Waals surface area contributed by atoms with Crippen LogP contribution in [0.2, 0.25) is 0 Å². The predicted molar refractivity (Wildman–Crippen MR) is 238 cm³/mol. The standard InChI is InChI=1S/2C25H42O4.Ba/c2*1-2-3-10-17-23(26)18-13-7-5-4-6-8-14-19-24(20-25(27)28)29-21-22-15-11-9-12-16-22;/h2*9,11-12,15-16,23-24,26H,2-8,10,13-14,17-21H2,1H3,(H,27,28);/q;;+2/p-2. The smallest absolute Gasteiger partial charge is 0.550 e. The van der Waals surface area contributed by atoms with Crippen LogP contribution in [0.15, 0.2) is 60.7 Å². The molecular weight excluding hydrogens is 866 g/mol. The number of carbonyl (C=O) groups is 2. The molecule has 0 aliphatic rings. The van der Waals surface area contributed by atoms with Crippen molar-refractivity contribution in [2.24, 2.45) is 0 Å². The van der Waals surface area contributed by atoms with E-state index in [1.165, 1.54) is 77.0 Å². The number of hydrogen-bond acceptors (Lipinski definition) is 8. The van der Waals surface area contributed by atoms with Crippen LogP contribution in [0.5, 0.6) is 0 Å². The van der Waals surface area contributed by atoms with E-state index in [0.717, 1.165) is 101 Å². The number of aliphatic hydroxyl groups excluding tert-OH is 2. The van der Waals surface area contributed by atoms with Gasteiger partial charge in [-0.2, -0.15) is 0 Å². The maximum atomic E-state index is 11.0. The Kier molecular flexibility index (Phi) is 41.2. The Morgan fingerprint density at radius 1 is 0.458 bits per heavy atom. The van der Waals surface area contributed by atoms with E-state index in [1.807, 2.05) is 60.7 Å². The molecule has 9 heteroatoms. The van der Waals surface area contributed by atoms with Gasteiger partial charge in [0, 0.05) is 24.8 Å². The van der Waals surface area contributed by atoms with E-state index in [9.17, 15) is 30.0 Å². The number of aliphatic carboxylic acids is 2. The van der Waals surface area contributed by atoms with Gasteiger partial charge in [0.05, 0.1) is 37.6 Å². The van der Waals surface area contributed by atoms with Crippen LogP contribution in [0.25, 0.3) is 0 Å². The molecule has 0 spiro atoms. The molecule has 0 saturated heterocycles. The van der Waals surface area contributed by atoms with Gasteiger partial charge in [0.25, 0.3) is 0 Å². The predicted octanol–water partition coefficient (Wildman–Crippen LogP) is 9.95. The normalized spacial score (nSPS) is 13.1. The molecule has 0 saturated carbocycles. The fourth-order valence-corrected chi connectivity index (χ4v) is 7.26. The first-order valence-corrected chi connectivity index (χ1v) is 23.3. The third-order valence-corrected chi connectivity index (χ3v) is 10.9. The number of aliphatic hydroxyl groups is 2. The van der Waals surface area contributed by atoms with Crippen LogP contribution in [0.1, 0.15) is 205 Å². The van der Waals surface area contributed by atoms with Gasteiger partial charge < -0.3 is 39.5 Å². The number of carboxylic acid groups (broad SMARTS) is 2. The van der Waals surface area contributed by atoms with Gasteiger partial charge in [0.15, 0.2) is 0 Å². The van der Waals surface area contributed by atoms with E-state index in [4.69, 9.17) is 9.47 Å². The Balaban J connectivity index is 0.00000112. The molecule has 4 unspecified atom stereocenters. The van der Waals surface area contributed by atoms with Crippen LogP contribution in [-0.4, -0.2) is 95.4 Å². The first-order valence-electron chi connectivity index (χ1n) is 23.3. The van der Waals surface area contributed by atoms with Gasteiger partial charge in [0.2, 0.25) is 0 Å². The quantitative estimate of drug-likeness (QED) is 0.0501. The molecule has 0 heterocycles. The average Bonchev–Trinajstić information content (AvgIpc) is 3.21. The van der Waals surface area contributed by atoms with Crippen LogP contribution < -0.4 is 10.2 Å². The fraction of sp³-hybridized carbons (Fsp3) is 0.720. The van der Waals surface area contributed by atoms with Crippen molar-refractivity contribution in [3.63, 3.8) is 0 Å². The second-order valence-electron chi connectivity index (χ2n) is 16.4. The maximum absolute atomic E-state index is 11.0. The zero-order valence-corrected chi connectivity index (χ0v) is 41.8. The van der Waals surface area contributed by atoms with Gasteiger partial charge in [0.1, 0.15) is 0 Å². The second-order valence-corrected chi connectivity index (χ2v) is 16.4. The topological polar surface area (TPSA) is 139 Å². The summed E-state index contributed by atoms with van der Waals surface area (Å²) in [6.07, 6.45) is 27.7. The number of rotatable bonds is 38. The zero-order valence-electron chi connectivity index (χ0n) is 37.3. The van der Waals surface area contributed by atoms with E-state index >= 15 is 0 Å². The van der Waals surface area contributed by atoms with Crippen LogP contribution in [0.4, 0.5) is 0 Å². The minimum atomic E-state index is -1.04. The minimum absolute atomic E-state index is 0. The first kappa shape index (κ1) is 57.8. The number of carbonyl (C=O) groups excluding carboxylic acids is 2. The van der Waals surface area contributed by atoms with Gasteiger partial charge in [-0.3, -0.25) is 0 Å². The van der Waals surface area contributed by atoms with E-state index < -0.39 is 11.9 Å². The van der Waals surface area contributed by atoms with Gasteiger partial charge in [-0.25, -0.2) is 0 Å². The largest absolute Gasteiger partial charge is 2.00 e. The molecule has 0 aliphatic heterocycles. The molecule has 2 aromatic rings. The number of hydrogen-bond donors (Lipinski definition) is 2. The van der Waals surface area contributed by atoms with Crippen LogP contribution in [0.3, 0.4) is 0 Å². The summed E-state index contributed by atoms with van der Waals surface area (Å²) in [5.74, 6) is -2.08. The van der Waals surface area contributed by atoms with Crippen molar-refractivity contribution < 1.29 is 39.5 Å². The molecule has 0 radical (unpaired) electrons. The third kappa shape index (κ3) is 38.2. The van der Waals surface area contributed by atoms with Crippen LogP contribution in [-0.2, 0) is 32.3 Å². The molecule has 0 fully saturated rings. The molecule has 2 aromatic carbocycles. The van der Waals surface area contributed by atoms with Crippen molar-refractivity contribution in [3.8, 4) is 0 Å². The van der Waals surface area contributed by atoms with Crippen molar-refractivity contribution in [1.82, 2.24) is 0 Å². The van der Waals surface area contributed by atoms with E-state index in [1.54, 1.807) is 0 Å². The second kappa shape index (κ2) is 42.1. The Morgan fingerprint density at radius 2 is 0.729 bits per heavy atom. The van der Waals surface area contributed by atoms with Gasteiger partial charge in [-0.15, -0.1) is 0 Å². The monoisotopic (exact) mass is 949 g/mol. The maximum Gasteiger partial charge on any atom is 2.00 e. The number of ether oxygens (including phenoxy) is 2. The third-order valence-electron chi connectivity index (χ3n) is 10.9. The molecule has 332 valence electrons. The number of carboxylic acids is 2. The molecule has 2 N–H and O–H groups in total. The Bertz CT molecular complexity index is 1110. The molecule has 59 heavy (non-hydrogen) atoms. The summed E-state index contributed by atoms with van der Waals surface area (Å²) in [5.41, 5.74) is 2.12. The fourth-order valence-electron chi connectivity index (χ4n) is 7.26. The van der Waals surface area contributed by atoms with Crippen molar-refractivity contribution >= 4 is 60.8 Å². The Morgan fingerprint density at radius 3 is 1.02 bits per heavy atom. The summed E-state index contributed by atoms with van der Waals surface area (Å²) in [5, 5.41) is 41.8. The zero-order chi connectivity index (χ0) is 42.3. The molecule has 0 bridgehead atoms.